The second kappa shape index (κ2) is 6.64. The fraction of sp³-hybridized carbons (Fsp3) is 0.300. The lowest BCUT2D eigenvalue weighted by atomic mass is 10.3. The molecule has 7 heteroatoms. The Kier molecular flexibility index (Phi) is 5.15. The van der Waals surface area contributed by atoms with E-state index in [-0.39, 0.29) is 5.11 Å². The van der Waals surface area contributed by atoms with Crippen LogP contribution in [-0.4, -0.2) is 30.4 Å². The number of pyridine rings is 1. The van der Waals surface area contributed by atoms with E-state index < -0.39 is 6.09 Å². The van der Waals surface area contributed by atoms with Crippen LogP contribution in [0.5, 0.6) is 5.88 Å². The maximum atomic E-state index is 10.9. The third-order valence-corrected chi connectivity index (χ3v) is 2.13. The van der Waals surface area contributed by atoms with Gasteiger partial charge in [-0.2, -0.15) is 0 Å². The number of rotatable bonds is 3. The van der Waals surface area contributed by atoms with E-state index in [1.807, 2.05) is 6.07 Å². The first-order valence-electron chi connectivity index (χ1n) is 4.78. The van der Waals surface area contributed by atoms with Gasteiger partial charge in [0, 0.05) is 18.3 Å². The first-order valence-corrected chi connectivity index (χ1v) is 5.19. The normalized spacial score (nSPS) is 9.29. The molecule has 1 aromatic heterocycles. The molecule has 1 heterocycles. The van der Waals surface area contributed by atoms with Crippen molar-refractivity contribution in [2.24, 2.45) is 0 Å². The van der Waals surface area contributed by atoms with Gasteiger partial charge in [0.25, 0.3) is 0 Å². The molecule has 0 radical (unpaired) electrons. The highest BCUT2D eigenvalue weighted by atomic mass is 32.1. The average molecular weight is 255 g/mol. The fourth-order valence-corrected chi connectivity index (χ4v) is 1.26. The van der Waals surface area contributed by atoms with Gasteiger partial charge in [0.05, 0.1) is 14.2 Å². The number of aromatic nitrogens is 1. The molecule has 1 amide bonds. The molecule has 0 unspecified atom stereocenters. The Morgan fingerprint density at radius 2 is 2.29 bits per heavy atom. The number of amides is 1. The number of methoxy groups -OCH3 is 2. The SMILES string of the molecule is COC(=O)NC(=S)NCc1cccnc1OC. The number of nitrogens with zero attached hydrogens (tertiary/aromatic N) is 1. The topological polar surface area (TPSA) is 72.5 Å². The minimum Gasteiger partial charge on any atom is -0.481 e. The lowest BCUT2D eigenvalue weighted by molar-refractivity contribution is 0.176. The Hall–Kier alpha value is -1.89. The molecule has 0 aliphatic rings. The summed E-state index contributed by atoms with van der Waals surface area (Å²) >= 11 is 4.89. The molecule has 0 fully saturated rings. The zero-order chi connectivity index (χ0) is 12.7. The van der Waals surface area contributed by atoms with Gasteiger partial charge in [0.1, 0.15) is 0 Å². The number of thiocarbonyl (C=S) groups is 1. The fourth-order valence-electron chi connectivity index (χ4n) is 1.11. The summed E-state index contributed by atoms with van der Waals surface area (Å²) in [6.07, 6.45) is 1.02. The molecule has 0 aliphatic heterocycles. The number of alkyl carbamates (subject to hydrolysis) is 1. The van der Waals surface area contributed by atoms with Crippen LogP contribution in [0.15, 0.2) is 18.3 Å². The minimum atomic E-state index is -0.611. The summed E-state index contributed by atoms with van der Waals surface area (Å²) in [5.41, 5.74) is 0.837. The van der Waals surface area contributed by atoms with E-state index in [0.717, 1.165) is 5.56 Å². The highest BCUT2D eigenvalue weighted by Gasteiger charge is 2.06. The van der Waals surface area contributed by atoms with Crippen molar-refractivity contribution in [3.63, 3.8) is 0 Å². The molecule has 0 aromatic carbocycles. The predicted octanol–water partition coefficient (Wildman–Crippen LogP) is 0.821. The van der Waals surface area contributed by atoms with Gasteiger partial charge in [0.15, 0.2) is 5.11 Å². The van der Waals surface area contributed by atoms with Gasteiger partial charge in [-0.3, -0.25) is 5.32 Å². The summed E-state index contributed by atoms with van der Waals surface area (Å²) in [6, 6.07) is 3.63. The summed E-state index contributed by atoms with van der Waals surface area (Å²) in [6.45, 7) is 0.403. The molecule has 6 nitrogen and oxygen atoms in total. The third-order valence-electron chi connectivity index (χ3n) is 1.88. The van der Waals surface area contributed by atoms with Crippen LogP contribution in [0.2, 0.25) is 0 Å². The Morgan fingerprint density at radius 1 is 1.53 bits per heavy atom. The number of hydrogen-bond acceptors (Lipinski definition) is 5. The Labute approximate surface area is 104 Å². The molecular weight excluding hydrogens is 242 g/mol. The smallest absolute Gasteiger partial charge is 0.413 e. The molecule has 0 atom stereocenters. The van der Waals surface area contributed by atoms with Crippen LogP contribution < -0.4 is 15.4 Å². The molecule has 1 rings (SSSR count). The lowest BCUT2D eigenvalue weighted by Gasteiger charge is -2.10. The molecule has 92 valence electrons. The van der Waals surface area contributed by atoms with Gasteiger partial charge < -0.3 is 14.8 Å². The zero-order valence-electron chi connectivity index (χ0n) is 9.52. The van der Waals surface area contributed by atoms with Crippen molar-refractivity contribution in [2.45, 2.75) is 6.54 Å². The maximum Gasteiger partial charge on any atom is 0.413 e. The van der Waals surface area contributed by atoms with Crippen molar-refractivity contribution in [1.29, 1.82) is 0 Å². The summed E-state index contributed by atoms with van der Waals surface area (Å²) < 4.78 is 9.48. The van der Waals surface area contributed by atoms with Crippen molar-refractivity contribution in [1.82, 2.24) is 15.6 Å². The Morgan fingerprint density at radius 3 is 2.94 bits per heavy atom. The van der Waals surface area contributed by atoms with Gasteiger partial charge in [-0.25, -0.2) is 9.78 Å². The first-order chi connectivity index (χ1) is 8.17. The summed E-state index contributed by atoms with van der Waals surface area (Å²) in [4.78, 5) is 14.9. The van der Waals surface area contributed by atoms with Gasteiger partial charge in [0.2, 0.25) is 5.88 Å². The molecule has 0 bridgehead atoms. The van der Waals surface area contributed by atoms with Gasteiger partial charge in [-0.1, -0.05) is 6.07 Å². The summed E-state index contributed by atoms with van der Waals surface area (Å²) in [7, 11) is 2.80. The van der Waals surface area contributed by atoms with E-state index >= 15 is 0 Å². The Balaban J connectivity index is 2.50. The van der Waals surface area contributed by atoms with Crippen molar-refractivity contribution in [3.8, 4) is 5.88 Å². The second-order valence-electron chi connectivity index (χ2n) is 2.97. The maximum absolute atomic E-state index is 10.9. The standard InChI is InChI=1S/C10H13N3O3S/c1-15-8-7(4-3-5-11-8)6-12-9(17)13-10(14)16-2/h3-5H,6H2,1-2H3,(H2,12,13,14,17). The quantitative estimate of drug-likeness (QED) is 0.779. The largest absolute Gasteiger partial charge is 0.481 e. The zero-order valence-corrected chi connectivity index (χ0v) is 10.3. The van der Waals surface area contributed by atoms with Crippen molar-refractivity contribution < 1.29 is 14.3 Å². The van der Waals surface area contributed by atoms with Crippen LogP contribution in [-0.2, 0) is 11.3 Å². The van der Waals surface area contributed by atoms with Crippen molar-refractivity contribution in [2.75, 3.05) is 14.2 Å². The second-order valence-corrected chi connectivity index (χ2v) is 3.38. The minimum absolute atomic E-state index is 0.183. The molecule has 0 saturated carbocycles. The van der Waals surface area contributed by atoms with E-state index in [9.17, 15) is 4.79 Å². The van der Waals surface area contributed by atoms with E-state index in [4.69, 9.17) is 17.0 Å². The van der Waals surface area contributed by atoms with Crippen molar-refractivity contribution >= 4 is 23.4 Å². The highest BCUT2D eigenvalue weighted by molar-refractivity contribution is 7.80. The number of nitrogens with one attached hydrogen (secondary N) is 2. The van der Waals surface area contributed by atoms with Gasteiger partial charge in [-0.05, 0) is 18.3 Å². The molecule has 0 spiro atoms. The third kappa shape index (κ3) is 4.23. The Bertz CT molecular complexity index is 412. The van der Waals surface area contributed by atoms with Crippen LogP contribution in [0.25, 0.3) is 0 Å². The number of carbonyl (C=O) groups is 1. The summed E-state index contributed by atoms with van der Waals surface area (Å²) in [5.74, 6) is 0.515. The van der Waals surface area contributed by atoms with Gasteiger partial charge >= 0.3 is 6.09 Å². The highest BCUT2D eigenvalue weighted by Crippen LogP contribution is 2.12. The molecule has 0 aliphatic carbocycles. The molecule has 17 heavy (non-hydrogen) atoms. The van der Waals surface area contributed by atoms with Crippen molar-refractivity contribution in [3.05, 3.63) is 23.9 Å². The lowest BCUT2D eigenvalue weighted by Crippen LogP contribution is -2.38. The van der Waals surface area contributed by atoms with Crippen LogP contribution in [0.1, 0.15) is 5.56 Å². The monoisotopic (exact) mass is 255 g/mol. The van der Waals surface area contributed by atoms with E-state index in [2.05, 4.69) is 20.4 Å². The summed E-state index contributed by atoms with van der Waals surface area (Å²) in [5, 5.41) is 5.36. The van der Waals surface area contributed by atoms with E-state index in [1.54, 1.807) is 12.3 Å². The average Bonchev–Trinajstić information content (AvgIpc) is 2.36. The number of carbonyl (C=O) groups excluding carboxylic acids is 1. The molecular formula is C10H13N3O3S. The van der Waals surface area contributed by atoms with Crippen LogP contribution >= 0.6 is 12.2 Å². The van der Waals surface area contributed by atoms with Crippen LogP contribution in [0, 0.1) is 0 Å². The predicted molar refractivity (Wildman–Crippen MR) is 65.8 cm³/mol. The van der Waals surface area contributed by atoms with Crippen LogP contribution in [0.3, 0.4) is 0 Å². The number of hydrogen-bond donors (Lipinski definition) is 2. The first kappa shape index (κ1) is 13.2. The molecule has 1 aromatic rings. The molecule has 2 N–H and O–H groups in total. The van der Waals surface area contributed by atoms with E-state index in [0.29, 0.717) is 12.4 Å². The van der Waals surface area contributed by atoms with E-state index in [1.165, 1.54) is 14.2 Å². The number of ether oxygens (including phenoxy) is 2. The van der Waals surface area contributed by atoms with Crippen LogP contribution in [0.4, 0.5) is 4.79 Å². The molecule has 0 saturated heterocycles. The van der Waals surface area contributed by atoms with Gasteiger partial charge in [-0.15, -0.1) is 0 Å².